The zero-order chi connectivity index (χ0) is 20.9. The van der Waals surface area contributed by atoms with Crippen molar-refractivity contribution in [1.29, 1.82) is 0 Å². The standard InChI is InChI=1S/C20H20F2N6O2/c21-12-3-4-15(22)13(8-12)16-2-1-7-27(16)19-23-11-28-17(25-19)14(9-24-28)18(30)26-20(10-29)5-6-20/h3-4,8-9,11,16,29H,1-2,5-7,10H2,(H,26,30). The first kappa shape index (κ1) is 18.9. The van der Waals surface area contributed by atoms with E-state index in [9.17, 15) is 18.7 Å². The van der Waals surface area contributed by atoms with Crippen LogP contribution in [-0.2, 0) is 0 Å². The molecule has 0 bridgehead atoms. The van der Waals surface area contributed by atoms with E-state index in [-0.39, 0.29) is 23.6 Å². The summed E-state index contributed by atoms with van der Waals surface area (Å²) in [5, 5.41) is 16.4. The lowest BCUT2D eigenvalue weighted by molar-refractivity contribution is 0.0908. The van der Waals surface area contributed by atoms with Crippen molar-refractivity contribution in [1.82, 2.24) is 24.9 Å². The van der Waals surface area contributed by atoms with E-state index in [4.69, 9.17) is 0 Å². The van der Waals surface area contributed by atoms with Crippen molar-refractivity contribution in [2.24, 2.45) is 0 Å². The fourth-order valence-corrected chi connectivity index (χ4v) is 3.96. The number of nitrogens with one attached hydrogen (secondary N) is 1. The van der Waals surface area contributed by atoms with Gasteiger partial charge in [0.2, 0.25) is 5.95 Å². The van der Waals surface area contributed by atoms with Crippen molar-refractivity contribution in [3.05, 3.63) is 53.5 Å². The number of anilines is 1. The molecule has 2 fully saturated rings. The Balaban J connectivity index is 1.48. The number of rotatable bonds is 5. The van der Waals surface area contributed by atoms with E-state index in [1.54, 1.807) is 0 Å². The first-order valence-corrected chi connectivity index (χ1v) is 9.85. The molecule has 2 N–H and O–H groups in total. The Morgan fingerprint density at radius 1 is 1.33 bits per heavy atom. The molecule has 5 rings (SSSR count). The number of fused-ring (bicyclic) bond motifs is 1. The van der Waals surface area contributed by atoms with Gasteiger partial charge in [0, 0.05) is 12.1 Å². The van der Waals surface area contributed by atoms with Crippen molar-refractivity contribution in [2.45, 2.75) is 37.3 Å². The van der Waals surface area contributed by atoms with Gasteiger partial charge < -0.3 is 15.3 Å². The van der Waals surface area contributed by atoms with Crippen LogP contribution in [0, 0.1) is 11.6 Å². The highest BCUT2D eigenvalue weighted by atomic mass is 19.1. The highest BCUT2D eigenvalue weighted by Crippen LogP contribution is 2.37. The lowest BCUT2D eigenvalue weighted by Gasteiger charge is -2.25. The molecule has 2 aromatic heterocycles. The normalized spacial score (nSPS) is 20.0. The Bertz CT molecular complexity index is 1130. The second-order valence-electron chi connectivity index (χ2n) is 7.89. The first-order chi connectivity index (χ1) is 14.5. The molecule has 3 heterocycles. The largest absolute Gasteiger partial charge is 0.394 e. The molecule has 8 nitrogen and oxygen atoms in total. The Morgan fingerprint density at radius 3 is 2.93 bits per heavy atom. The van der Waals surface area contributed by atoms with Gasteiger partial charge in [0.1, 0.15) is 23.5 Å². The third-order valence-corrected chi connectivity index (χ3v) is 5.86. The number of hydrogen-bond donors (Lipinski definition) is 2. The van der Waals surface area contributed by atoms with Gasteiger partial charge in [0.15, 0.2) is 5.65 Å². The number of carbonyl (C=O) groups excluding carboxylic acids is 1. The minimum Gasteiger partial charge on any atom is -0.394 e. The molecule has 1 saturated heterocycles. The molecule has 0 radical (unpaired) electrons. The average molecular weight is 414 g/mol. The summed E-state index contributed by atoms with van der Waals surface area (Å²) in [7, 11) is 0. The van der Waals surface area contributed by atoms with Crippen LogP contribution in [0.2, 0.25) is 0 Å². The monoisotopic (exact) mass is 414 g/mol. The molecular formula is C20H20F2N6O2. The van der Waals surface area contributed by atoms with E-state index in [2.05, 4.69) is 20.4 Å². The Kier molecular flexibility index (Phi) is 4.39. The third-order valence-electron chi connectivity index (χ3n) is 5.86. The van der Waals surface area contributed by atoms with Crippen LogP contribution in [0.5, 0.6) is 0 Å². The number of aliphatic hydroxyl groups excluding tert-OH is 1. The second kappa shape index (κ2) is 6.98. The number of aromatic nitrogens is 4. The summed E-state index contributed by atoms with van der Waals surface area (Å²) in [4.78, 5) is 23.4. The van der Waals surface area contributed by atoms with Crippen molar-refractivity contribution in [3.8, 4) is 0 Å². The predicted molar refractivity (Wildman–Crippen MR) is 103 cm³/mol. The maximum Gasteiger partial charge on any atom is 0.257 e. The van der Waals surface area contributed by atoms with E-state index >= 15 is 0 Å². The molecule has 1 aliphatic heterocycles. The van der Waals surface area contributed by atoms with E-state index in [0.29, 0.717) is 24.6 Å². The van der Waals surface area contributed by atoms with Gasteiger partial charge in [-0.25, -0.2) is 18.3 Å². The minimum absolute atomic E-state index is 0.118. The average Bonchev–Trinajstić information content (AvgIpc) is 3.15. The topological polar surface area (TPSA) is 95.6 Å². The summed E-state index contributed by atoms with van der Waals surface area (Å²) in [6.07, 6.45) is 5.73. The molecule has 1 aromatic carbocycles. The van der Waals surface area contributed by atoms with Crippen LogP contribution in [0.15, 0.2) is 30.7 Å². The predicted octanol–water partition coefficient (Wildman–Crippen LogP) is 2.00. The molecule has 1 atom stereocenters. The summed E-state index contributed by atoms with van der Waals surface area (Å²) in [6, 6.07) is 3.03. The molecule has 0 spiro atoms. The minimum atomic E-state index is -0.559. The molecule has 1 amide bonds. The second-order valence-corrected chi connectivity index (χ2v) is 7.89. The Morgan fingerprint density at radius 2 is 2.17 bits per heavy atom. The number of carbonyl (C=O) groups is 1. The quantitative estimate of drug-likeness (QED) is 0.663. The van der Waals surface area contributed by atoms with Gasteiger partial charge in [-0.2, -0.15) is 10.1 Å². The molecule has 156 valence electrons. The van der Waals surface area contributed by atoms with Crippen LogP contribution in [0.4, 0.5) is 14.7 Å². The fourth-order valence-electron chi connectivity index (χ4n) is 3.96. The van der Waals surface area contributed by atoms with Crippen LogP contribution in [0.25, 0.3) is 5.65 Å². The van der Waals surface area contributed by atoms with Crippen LogP contribution in [-0.4, -0.2) is 49.3 Å². The Labute approximate surface area is 170 Å². The SMILES string of the molecule is O=C(NC1(CO)CC1)c1cnn2cnc(N3CCCC3c3cc(F)ccc3F)nc12. The molecule has 30 heavy (non-hydrogen) atoms. The molecular weight excluding hydrogens is 394 g/mol. The summed E-state index contributed by atoms with van der Waals surface area (Å²) in [5.74, 6) is -1.01. The smallest absolute Gasteiger partial charge is 0.257 e. The van der Waals surface area contributed by atoms with Gasteiger partial charge in [0.05, 0.1) is 24.4 Å². The van der Waals surface area contributed by atoms with Crippen LogP contribution in [0.3, 0.4) is 0 Å². The van der Waals surface area contributed by atoms with E-state index in [1.807, 2.05) is 4.90 Å². The zero-order valence-electron chi connectivity index (χ0n) is 16.1. The van der Waals surface area contributed by atoms with Crippen molar-refractivity contribution >= 4 is 17.5 Å². The van der Waals surface area contributed by atoms with E-state index < -0.39 is 23.2 Å². The number of amides is 1. The summed E-state index contributed by atoms with van der Waals surface area (Å²) < 4.78 is 29.5. The highest BCUT2D eigenvalue weighted by Gasteiger charge is 2.44. The number of halogens is 2. The first-order valence-electron chi connectivity index (χ1n) is 9.85. The van der Waals surface area contributed by atoms with Crippen LogP contribution >= 0.6 is 0 Å². The molecule has 2 aliphatic rings. The van der Waals surface area contributed by atoms with Crippen molar-refractivity contribution in [2.75, 3.05) is 18.1 Å². The van der Waals surface area contributed by atoms with Gasteiger partial charge >= 0.3 is 0 Å². The van der Waals surface area contributed by atoms with Crippen molar-refractivity contribution in [3.63, 3.8) is 0 Å². The maximum absolute atomic E-state index is 14.4. The number of benzene rings is 1. The lowest BCUT2D eigenvalue weighted by Crippen LogP contribution is -2.39. The van der Waals surface area contributed by atoms with E-state index in [0.717, 1.165) is 31.4 Å². The molecule has 1 unspecified atom stereocenters. The number of nitrogens with zero attached hydrogens (tertiary/aromatic N) is 5. The van der Waals surface area contributed by atoms with Gasteiger partial charge in [0.25, 0.3) is 5.91 Å². The zero-order valence-corrected chi connectivity index (χ0v) is 16.1. The lowest BCUT2D eigenvalue weighted by atomic mass is 10.0. The van der Waals surface area contributed by atoms with Gasteiger partial charge in [-0.1, -0.05) is 0 Å². The maximum atomic E-state index is 14.4. The number of aliphatic hydroxyl groups is 1. The summed E-state index contributed by atoms with van der Waals surface area (Å²) >= 11 is 0. The van der Waals surface area contributed by atoms with Gasteiger partial charge in [-0.3, -0.25) is 4.79 Å². The third kappa shape index (κ3) is 3.17. The summed E-state index contributed by atoms with van der Waals surface area (Å²) in [6.45, 7) is 0.465. The van der Waals surface area contributed by atoms with Gasteiger partial charge in [-0.05, 0) is 43.9 Å². The molecule has 1 saturated carbocycles. The highest BCUT2D eigenvalue weighted by molar-refractivity contribution is 6.00. The summed E-state index contributed by atoms with van der Waals surface area (Å²) in [5.41, 5.74) is 0.291. The fraction of sp³-hybridized carbons (Fsp3) is 0.400. The molecule has 1 aliphatic carbocycles. The van der Waals surface area contributed by atoms with E-state index in [1.165, 1.54) is 23.1 Å². The van der Waals surface area contributed by atoms with Gasteiger partial charge in [-0.15, -0.1) is 0 Å². The van der Waals surface area contributed by atoms with Crippen LogP contribution in [0.1, 0.15) is 47.6 Å². The van der Waals surface area contributed by atoms with Crippen molar-refractivity contribution < 1.29 is 18.7 Å². The molecule has 10 heteroatoms. The van der Waals surface area contributed by atoms with Crippen LogP contribution < -0.4 is 10.2 Å². The molecule has 3 aromatic rings. The Hall–Kier alpha value is -3.14. The number of hydrogen-bond acceptors (Lipinski definition) is 6.